The number of urea groups is 1. The minimum Gasteiger partial charge on any atom is -0.447 e. The molecule has 2 aromatic carbocycles. The molecule has 1 heterocycles. The summed E-state index contributed by atoms with van der Waals surface area (Å²) < 4.78 is 5.01. The number of hydrogen-bond acceptors (Lipinski definition) is 4. The molecule has 1 N–H and O–H groups in total. The number of amides is 3. The molecule has 160 valence electrons. The number of carbonyl (C=O) groups is 2. The van der Waals surface area contributed by atoms with Crippen molar-refractivity contribution in [1.82, 2.24) is 9.80 Å². The van der Waals surface area contributed by atoms with Crippen LogP contribution in [0.25, 0.3) is 0 Å². The second-order valence-electron chi connectivity index (χ2n) is 7.18. The van der Waals surface area contributed by atoms with Crippen LogP contribution in [-0.4, -0.2) is 61.3 Å². The van der Waals surface area contributed by atoms with Crippen molar-refractivity contribution in [3.63, 3.8) is 0 Å². The van der Waals surface area contributed by atoms with Crippen LogP contribution in [0.3, 0.4) is 0 Å². The van der Waals surface area contributed by atoms with Crippen molar-refractivity contribution in [2.45, 2.75) is 20.4 Å². The Balaban J connectivity index is 1.71. The van der Waals surface area contributed by atoms with Gasteiger partial charge in [-0.1, -0.05) is 50.2 Å². The standard InChI is InChI=1S/C23H30N4O3/c1-3-25(4-2)13-14-26(18-19-9-6-5-7-10-19)22(28)24-20-11-8-12-21(17-20)27-15-16-30-23(27)29/h5-12,17H,3-4,13-16,18H2,1-2H3,(H,24,28). The Morgan fingerprint density at radius 3 is 2.50 bits per heavy atom. The lowest BCUT2D eigenvalue weighted by Gasteiger charge is -2.27. The van der Waals surface area contributed by atoms with E-state index >= 15 is 0 Å². The van der Waals surface area contributed by atoms with Crippen LogP contribution < -0.4 is 10.2 Å². The molecule has 0 unspecified atom stereocenters. The van der Waals surface area contributed by atoms with E-state index in [2.05, 4.69) is 24.1 Å². The normalized spacial score (nSPS) is 13.4. The van der Waals surface area contributed by atoms with Crippen molar-refractivity contribution < 1.29 is 14.3 Å². The summed E-state index contributed by atoms with van der Waals surface area (Å²) in [6.45, 7) is 9.02. The van der Waals surface area contributed by atoms with E-state index in [0.717, 1.165) is 25.2 Å². The molecule has 7 heteroatoms. The fraction of sp³-hybridized carbons (Fsp3) is 0.391. The van der Waals surface area contributed by atoms with Gasteiger partial charge in [0.2, 0.25) is 0 Å². The number of nitrogens with zero attached hydrogens (tertiary/aromatic N) is 3. The minimum absolute atomic E-state index is 0.160. The fourth-order valence-corrected chi connectivity index (χ4v) is 3.44. The summed E-state index contributed by atoms with van der Waals surface area (Å²) >= 11 is 0. The van der Waals surface area contributed by atoms with Gasteiger partial charge in [0.1, 0.15) is 6.61 Å². The maximum atomic E-state index is 13.1. The van der Waals surface area contributed by atoms with Crippen LogP contribution in [0.4, 0.5) is 21.0 Å². The number of ether oxygens (including phenoxy) is 1. The topological polar surface area (TPSA) is 65.1 Å². The van der Waals surface area contributed by atoms with Crippen LogP contribution in [0, 0.1) is 0 Å². The van der Waals surface area contributed by atoms with E-state index in [9.17, 15) is 9.59 Å². The Morgan fingerprint density at radius 1 is 1.07 bits per heavy atom. The second-order valence-corrected chi connectivity index (χ2v) is 7.18. The predicted octanol–water partition coefficient (Wildman–Crippen LogP) is 4.02. The van der Waals surface area contributed by atoms with E-state index in [4.69, 9.17) is 4.74 Å². The van der Waals surface area contributed by atoms with E-state index in [1.54, 1.807) is 11.0 Å². The Bertz CT molecular complexity index is 839. The van der Waals surface area contributed by atoms with Crippen LogP contribution in [0.2, 0.25) is 0 Å². The van der Waals surface area contributed by atoms with Crippen molar-refractivity contribution in [2.75, 3.05) is 49.5 Å². The molecule has 0 radical (unpaired) electrons. The number of benzene rings is 2. The third-order valence-corrected chi connectivity index (χ3v) is 5.25. The zero-order chi connectivity index (χ0) is 21.3. The summed E-state index contributed by atoms with van der Waals surface area (Å²) in [6.07, 6.45) is -0.358. The lowest BCUT2D eigenvalue weighted by molar-refractivity contribution is 0.181. The average Bonchev–Trinajstić information content (AvgIpc) is 3.20. The quantitative estimate of drug-likeness (QED) is 0.678. The highest BCUT2D eigenvalue weighted by molar-refractivity contribution is 5.93. The van der Waals surface area contributed by atoms with Crippen LogP contribution in [0.5, 0.6) is 0 Å². The largest absolute Gasteiger partial charge is 0.447 e. The van der Waals surface area contributed by atoms with E-state index < -0.39 is 0 Å². The van der Waals surface area contributed by atoms with Gasteiger partial charge in [0.15, 0.2) is 0 Å². The summed E-state index contributed by atoms with van der Waals surface area (Å²) in [5.41, 5.74) is 2.45. The molecule has 3 amide bonds. The first kappa shape index (κ1) is 21.6. The third kappa shape index (κ3) is 5.73. The zero-order valence-electron chi connectivity index (χ0n) is 17.7. The van der Waals surface area contributed by atoms with E-state index in [-0.39, 0.29) is 12.1 Å². The van der Waals surface area contributed by atoms with Gasteiger partial charge in [-0.05, 0) is 36.9 Å². The molecular weight excluding hydrogens is 380 g/mol. The first-order valence-electron chi connectivity index (χ1n) is 10.5. The molecule has 3 rings (SSSR count). The van der Waals surface area contributed by atoms with Gasteiger partial charge >= 0.3 is 12.1 Å². The molecule has 1 aliphatic rings. The smallest absolute Gasteiger partial charge is 0.414 e. The highest BCUT2D eigenvalue weighted by Crippen LogP contribution is 2.22. The Morgan fingerprint density at radius 2 is 1.83 bits per heavy atom. The van der Waals surface area contributed by atoms with E-state index in [1.165, 1.54) is 0 Å². The Kier molecular flexibility index (Phi) is 7.68. The van der Waals surface area contributed by atoms with Crippen LogP contribution in [0.1, 0.15) is 19.4 Å². The molecule has 1 fully saturated rings. The lowest BCUT2D eigenvalue weighted by atomic mass is 10.2. The van der Waals surface area contributed by atoms with Crippen molar-refractivity contribution in [3.8, 4) is 0 Å². The Labute approximate surface area is 178 Å². The molecule has 1 saturated heterocycles. The second kappa shape index (κ2) is 10.6. The maximum absolute atomic E-state index is 13.1. The van der Waals surface area contributed by atoms with E-state index in [1.807, 2.05) is 53.4 Å². The van der Waals surface area contributed by atoms with Gasteiger partial charge in [-0.15, -0.1) is 0 Å². The van der Waals surface area contributed by atoms with Crippen molar-refractivity contribution in [3.05, 3.63) is 60.2 Å². The molecule has 1 aliphatic heterocycles. The molecule has 0 saturated carbocycles. The molecule has 0 aliphatic carbocycles. The summed E-state index contributed by atoms with van der Waals surface area (Å²) in [5.74, 6) is 0. The molecular formula is C23H30N4O3. The molecule has 0 atom stereocenters. The first-order chi connectivity index (χ1) is 14.6. The first-order valence-corrected chi connectivity index (χ1v) is 10.5. The van der Waals surface area contributed by atoms with Crippen LogP contribution >= 0.6 is 0 Å². The third-order valence-electron chi connectivity index (χ3n) is 5.25. The zero-order valence-corrected chi connectivity index (χ0v) is 17.7. The van der Waals surface area contributed by atoms with Gasteiger partial charge in [-0.3, -0.25) is 4.90 Å². The van der Waals surface area contributed by atoms with E-state index in [0.29, 0.717) is 37.6 Å². The number of anilines is 2. The number of nitrogens with one attached hydrogen (secondary N) is 1. The fourth-order valence-electron chi connectivity index (χ4n) is 3.44. The lowest BCUT2D eigenvalue weighted by Crippen LogP contribution is -2.40. The van der Waals surface area contributed by atoms with Gasteiger partial charge < -0.3 is 19.9 Å². The van der Waals surface area contributed by atoms with Gasteiger partial charge in [-0.2, -0.15) is 0 Å². The average molecular weight is 411 g/mol. The van der Waals surface area contributed by atoms with Crippen LogP contribution in [-0.2, 0) is 11.3 Å². The van der Waals surface area contributed by atoms with Crippen molar-refractivity contribution in [2.24, 2.45) is 0 Å². The maximum Gasteiger partial charge on any atom is 0.414 e. The number of carbonyl (C=O) groups excluding carboxylic acids is 2. The highest BCUT2D eigenvalue weighted by Gasteiger charge is 2.24. The van der Waals surface area contributed by atoms with Gasteiger partial charge in [0, 0.05) is 31.0 Å². The van der Waals surface area contributed by atoms with Gasteiger partial charge in [0.25, 0.3) is 0 Å². The monoisotopic (exact) mass is 410 g/mol. The molecule has 0 aromatic heterocycles. The number of hydrogen-bond donors (Lipinski definition) is 1. The summed E-state index contributed by atoms with van der Waals surface area (Å²) in [7, 11) is 0. The molecule has 0 spiro atoms. The molecule has 30 heavy (non-hydrogen) atoms. The number of likely N-dealkylation sites (N-methyl/N-ethyl adjacent to an activating group) is 1. The Hall–Kier alpha value is -3.06. The van der Waals surface area contributed by atoms with Crippen molar-refractivity contribution in [1.29, 1.82) is 0 Å². The summed E-state index contributed by atoms with van der Waals surface area (Å²) in [4.78, 5) is 30.6. The summed E-state index contributed by atoms with van der Waals surface area (Å²) in [6, 6.07) is 17.1. The number of cyclic esters (lactones) is 1. The minimum atomic E-state index is -0.358. The molecule has 2 aromatic rings. The van der Waals surface area contributed by atoms with Crippen LogP contribution in [0.15, 0.2) is 54.6 Å². The summed E-state index contributed by atoms with van der Waals surface area (Å²) in [5, 5.41) is 2.99. The van der Waals surface area contributed by atoms with Crippen molar-refractivity contribution >= 4 is 23.5 Å². The predicted molar refractivity (Wildman–Crippen MR) is 119 cm³/mol. The number of rotatable bonds is 9. The van der Waals surface area contributed by atoms with Gasteiger partial charge in [-0.25, -0.2) is 9.59 Å². The molecule has 7 nitrogen and oxygen atoms in total. The van der Waals surface area contributed by atoms with Gasteiger partial charge in [0.05, 0.1) is 6.54 Å². The highest BCUT2D eigenvalue weighted by atomic mass is 16.6. The molecule has 0 bridgehead atoms. The SMILES string of the molecule is CCN(CC)CCN(Cc1ccccc1)C(=O)Nc1cccc(N2CCOC2=O)c1.